The zero-order valence-electron chi connectivity index (χ0n) is 6.33. The minimum Gasteiger partial charge on any atom is -0.481 e. The third-order valence-electron chi connectivity index (χ3n) is 1.89. The average Bonchev–Trinajstić information content (AvgIpc) is 1.85. The van der Waals surface area contributed by atoms with Gasteiger partial charge in [-0.15, -0.1) is 0 Å². The second-order valence-corrected chi connectivity index (χ2v) is 2.88. The molecule has 4 nitrogen and oxygen atoms in total. The Morgan fingerprint density at radius 3 is 2.73 bits per heavy atom. The van der Waals surface area contributed by atoms with Crippen molar-refractivity contribution in [2.24, 2.45) is 5.92 Å². The minimum atomic E-state index is -1.02. The molecule has 0 aromatic rings. The molecule has 1 fully saturated rings. The van der Waals surface area contributed by atoms with Gasteiger partial charge in [-0.2, -0.15) is 0 Å². The number of carbonyl (C=O) groups excluding carboxylic acids is 1. The summed E-state index contributed by atoms with van der Waals surface area (Å²) < 4.78 is 0. The summed E-state index contributed by atoms with van der Waals surface area (Å²) in [7, 11) is 0. The smallest absolute Gasteiger partial charge is 0.316 e. The van der Waals surface area contributed by atoms with E-state index in [0.29, 0.717) is 6.42 Å². The lowest BCUT2D eigenvalue weighted by molar-refractivity contribution is -0.148. The van der Waals surface area contributed by atoms with Crippen LogP contribution in [0.2, 0.25) is 0 Å². The molecule has 0 unspecified atom stereocenters. The molecule has 2 N–H and O–H groups in total. The molecule has 0 aromatic heterocycles. The minimum absolute atomic E-state index is 0.123. The normalized spacial score (nSPS) is 31.2. The third kappa shape index (κ3) is 1.69. The molecule has 0 aromatic carbocycles. The zero-order chi connectivity index (χ0) is 8.43. The standard InChI is InChI=1S/C7H11NO3/c1-4-2-3-5(7(10)11)6(9)8-4/h4-5H,2-3H2,1H3,(H,8,9)(H,10,11)/t4-,5-/m1/s1. The largest absolute Gasteiger partial charge is 0.481 e. The summed E-state index contributed by atoms with van der Waals surface area (Å²) in [5.74, 6) is -2.20. The van der Waals surface area contributed by atoms with E-state index < -0.39 is 11.9 Å². The molecule has 0 saturated carbocycles. The molecular formula is C7H11NO3. The van der Waals surface area contributed by atoms with Gasteiger partial charge < -0.3 is 10.4 Å². The molecule has 0 aliphatic carbocycles. The van der Waals surface area contributed by atoms with Gasteiger partial charge in [-0.05, 0) is 19.8 Å². The van der Waals surface area contributed by atoms with E-state index in [-0.39, 0.29) is 11.9 Å². The molecule has 2 atom stereocenters. The molecular weight excluding hydrogens is 146 g/mol. The van der Waals surface area contributed by atoms with Gasteiger partial charge in [-0.25, -0.2) is 0 Å². The van der Waals surface area contributed by atoms with Gasteiger partial charge in [0.25, 0.3) is 0 Å². The maximum absolute atomic E-state index is 11.0. The zero-order valence-corrected chi connectivity index (χ0v) is 6.33. The van der Waals surface area contributed by atoms with Crippen molar-refractivity contribution in [1.82, 2.24) is 5.32 Å². The summed E-state index contributed by atoms with van der Waals surface area (Å²) in [6.45, 7) is 1.87. The van der Waals surface area contributed by atoms with Crippen LogP contribution in [0.5, 0.6) is 0 Å². The van der Waals surface area contributed by atoms with E-state index in [1.54, 1.807) is 0 Å². The highest BCUT2D eigenvalue weighted by Gasteiger charge is 2.31. The van der Waals surface area contributed by atoms with Crippen LogP contribution in [-0.2, 0) is 9.59 Å². The Morgan fingerprint density at radius 1 is 1.64 bits per heavy atom. The maximum atomic E-state index is 11.0. The molecule has 1 rings (SSSR count). The van der Waals surface area contributed by atoms with Crippen molar-refractivity contribution in [3.05, 3.63) is 0 Å². The number of carboxylic acids is 1. The van der Waals surface area contributed by atoms with Gasteiger partial charge in [0.05, 0.1) is 0 Å². The number of carboxylic acid groups (broad SMARTS) is 1. The number of nitrogens with one attached hydrogen (secondary N) is 1. The Labute approximate surface area is 64.6 Å². The summed E-state index contributed by atoms with van der Waals surface area (Å²) in [6, 6.07) is 0.123. The third-order valence-corrected chi connectivity index (χ3v) is 1.89. The number of hydrogen-bond acceptors (Lipinski definition) is 2. The van der Waals surface area contributed by atoms with Crippen molar-refractivity contribution in [3.63, 3.8) is 0 Å². The molecule has 1 amide bonds. The monoisotopic (exact) mass is 157 g/mol. The Balaban J connectivity index is 2.58. The molecule has 62 valence electrons. The van der Waals surface area contributed by atoms with Gasteiger partial charge in [0.2, 0.25) is 5.91 Å². The molecule has 1 aliphatic rings. The average molecular weight is 157 g/mol. The molecule has 1 aliphatic heterocycles. The molecule has 1 saturated heterocycles. The van der Waals surface area contributed by atoms with E-state index in [2.05, 4.69) is 5.32 Å². The Kier molecular flexibility index (Phi) is 2.12. The van der Waals surface area contributed by atoms with Crippen LogP contribution in [0.15, 0.2) is 0 Å². The fourth-order valence-corrected chi connectivity index (χ4v) is 1.20. The van der Waals surface area contributed by atoms with E-state index >= 15 is 0 Å². The van der Waals surface area contributed by atoms with Gasteiger partial charge >= 0.3 is 5.97 Å². The lowest BCUT2D eigenvalue weighted by atomic mass is 9.95. The topological polar surface area (TPSA) is 66.4 Å². The quantitative estimate of drug-likeness (QED) is 0.526. The Bertz CT molecular complexity index is 190. The maximum Gasteiger partial charge on any atom is 0.316 e. The van der Waals surface area contributed by atoms with Crippen LogP contribution in [0.25, 0.3) is 0 Å². The fourth-order valence-electron chi connectivity index (χ4n) is 1.20. The first kappa shape index (κ1) is 8.04. The van der Waals surface area contributed by atoms with E-state index in [1.807, 2.05) is 6.92 Å². The van der Waals surface area contributed by atoms with Gasteiger partial charge in [0.1, 0.15) is 5.92 Å². The first-order valence-electron chi connectivity index (χ1n) is 3.64. The van der Waals surface area contributed by atoms with E-state index in [4.69, 9.17) is 5.11 Å². The van der Waals surface area contributed by atoms with Gasteiger partial charge in [-0.3, -0.25) is 9.59 Å². The predicted molar refractivity (Wildman–Crippen MR) is 38.0 cm³/mol. The highest BCUT2D eigenvalue weighted by atomic mass is 16.4. The first-order chi connectivity index (χ1) is 5.11. The van der Waals surface area contributed by atoms with E-state index in [9.17, 15) is 9.59 Å². The SMILES string of the molecule is C[C@@H]1CC[C@@H](C(=O)O)C(=O)N1. The summed E-state index contributed by atoms with van der Waals surface area (Å²) in [4.78, 5) is 21.4. The summed E-state index contributed by atoms with van der Waals surface area (Å²) in [6.07, 6.45) is 1.21. The summed E-state index contributed by atoms with van der Waals surface area (Å²) in [5.41, 5.74) is 0. The van der Waals surface area contributed by atoms with Crippen molar-refractivity contribution in [3.8, 4) is 0 Å². The second kappa shape index (κ2) is 2.90. The van der Waals surface area contributed by atoms with Crippen molar-refractivity contribution >= 4 is 11.9 Å². The first-order valence-corrected chi connectivity index (χ1v) is 3.64. The molecule has 0 spiro atoms. The summed E-state index contributed by atoms with van der Waals surface area (Å²) in [5, 5.41) is 11.1. The van der Waals surface area contributed by atoms with Gasteiger partial charge in [0, 0.05) is 6.04 Å². The molecule has 0 bridgehead atoms. The summed E-state index contributed by atoms with van der Waals surface area (Å²) >= 11 is 0. The number of hydrogen-bond donors (Lipinski definition) is 2. The number of piperidine rings is 1. The van der Waals surface area contributed by atoms with Crippen LogP contribution in [0.4, 0.5) is 0 Å². The van der Waals surface area contributed by atoms with Crippen LogP contribution in [0, 0.1) is 5.92 Å². The Morgan fingerprint density at radius 2 is 2.27 bits per heavy atom. The molecule has 1 heterocycles. The van der Waals surface area contributed by atoms with Crippen LogP contribution >= 0.6 is 0 Å². The van der Waals surface area contributed by atoms with Gasteiger partial charge in [-0.1, -0.05) is 0 Å². The van der Waals surface area contributed by atoms with Crippen LogP contribution < -0.4 is 5.32 Å². The molecule has 0 radical (unpaired) electrons. The highest BCUT2D eigenvalue weighted by Crippen LogP contribution is 2.14. The number of rotatable bonds is 1. The Hall–Kier alpha value is -1.06. The number of amides is 1. The van der Waals surface area contributed by atoms with E-state index in [0.717, 1.165) is 6.42 Å². The van der Waals surface area contributed by atoms with Crippen molar-refractivity contribution in [2.75, 3.05) is 0 Å². The number of carbonyl (C=O) groups is 2. The van der Waals surface area contributed by atoms with Crippen LogP contribution in [0.3, 0.4) is 0 Å². The van der Waals surface area contributed by atoms with Crippen molar-refractivity contribution in [1.29, 1.82) is 0 Å². The number of aliphatic carboxylic acids is 1. The highest BCUT2D eigenvalue weighted by molar-refractivity contribution is 5.97. The lowest BCUT2D eigenvalue weighted by Crippen LogP contribution is -2.45. The van der Waals surface area contributed by atoms with Crippen LogP contribution in [0.1, 0.15) is 19.8 Å². The van der Waals surface area contributed by atoms with Gasteiger partial charge in [0.15, 0.2) is 0 Å². The van der Waals surface area contributed by atoms with Crippen LogP contribution in [-0.4, -0.2) is 23.0 Å². The van der Waals surface area contributed by atoms with Crippen molar-refractivity contribution in [2.45, 2.75) is 25.8 Å². The fraction of sp³-hybridized carbons (Fsp3) is 0.714. The van der Waals surface area contributed by atoms with Crippen molar-refractivity contribution < 1.29 is 14.7 Å². The molecule has 4 heteroatoms. The predicted octanol–water partition coefficient (Wildman–Crippen LogP) is -0.0143. The van der Waals surface area contributed by atoms with E-state index in [1.165, 1.54) is 0 Å². The lowest BCUT2D eigenvalue weighted by Gasteiger charge is -2.23. The molecule has 11 heavy (non-hydrogen) atoms. The second-order valence-electron chi connectivity index (χ2n) is 2.88.